The summed E-state index contributed by atoms with van der Waals surface area (Å²) in [5.74, 6) is -0.133. The third-order valence-corrected chi connectivity index (χ3v) is 5.56. The molecule has 0 unspecified atom stereocenters. The van der Waals surface area contributed by atoms with Gasteiger partial charge in [0.2, 0.25) is 5.88 Å². The number of para-hydroxylation sites is 1. The summed E-state index contributed by atoms with van der Waals surface area (Å²) < 4.78 is 1.33. The zero-order valence-electron chi connectivity index (χ0n) is 18.7. The summed E-state index contributed by atoms with van der Waals surface area (Å²) in [4.78, 5) is 17.9. The van der Waals surface area contributed by atoms with Crippen molar-refractivity contribution in [1.82, 2.24) is 9.88 Å². The Hall–Kier alpha value is -3.90. The molecule has 0 aliphatic carbocycles. The molecule has 0 radical (unpaired) electrons. The second-order valence-electron chi connectivity index (χ2n) is 7.83. The smallest absolute Gasteiger partial charge is 0.328 e. The van der Waals surface area contributed by atoms with Gasteiger partial charge in [0.1, 0.15) is 0 Å². The van der Waals surface area contributed by atoms with Gasteiger partial charge in [0.05, 0.1) is 22.5 Å². The molecule has 0 atom stereocenters. The van der Waals surface area contributed by atoms with Crippen LogP contribution in [0.25, 0.3) is 10.9 Å². The lowest BCUT2D eigenvalue weighted by molar-refractivity contribution is 0.240. The second-order valence-corrected chi connectivity index (χ2v) is 7.83. The van der Waals surface area contributed by atoms with E-state index in [2.05, 4.69) is 12.2 Å². The Labute approximate surface area is 193 Å². The van der Waals surface area contributed by atoms with Crippen LogP contribution in [0.5, 0.6) is 5.88 Å². The lowest BCUT2D eigenvalue weighted by Crippen LogP contribution is -2.29. The molecule has 6 nitrogen and oxygen atoms in total. The molecule has 0 fully saturated rings. The molecule has 6 heteroatoms. The number of aromatic hydroxyl groups is 1. The maximum atomic E-state index is 13.0. The Bertz CT molecular complexity index is 1270. The summed E-state index contributed by atoms with van der Waals surface area (Å²) in [6.45, 7) is 3.07. The second kappa shape index (κ2) is 10.1. The quantitative estimate of drug-likeness (QED) is 0.268. The van der Waals surface area contributed by atoms with E-state index < -0.39 is 0 Å². The number of fused-ring (bicyclic) bond motifs is 1. The number of nitrogens with one attached hydrogen (secondary N) is 1. The van der Waals surface area contributed by atoms with Gasteiger partial charge in [-0.05, 0) is 30.2 Å². The molecule has 1 heterocycles. The van der Waals surface area contributed by atoms with Gasteiger partial charge in [-0.15, -0.1) is 0 Å². The lowest BCUT2D eigenvalue weighted by Gasteiger charge is -2.10. The third kappa shape index (κ3) is 4.66. The van der Waals surface area contributed by atoms with Crippen LogP contribution in [0.4, 0.5) is 10.5 Å². The van der Waals surface area contributed by atoms with Crippen LogP contribution in [0.2, 0.25) is 0 Å². The van der Waals surface area contributed by atoms with Crippen molar-refractivity contribution in [2.45, 2.75) is 26.3 Å². The molecule has 1 aromatic heterocycles. The number of nitrogens with two attached hydrogens (primary N) is 1. The van der Waals surface area contributed by atoms with Crippen LogP contribution in [-0.4, -0.2) is 28.0 Å². The van der Waals surface area contributed by atoms with Gasteiger partial charge in [0.15, 0.2) is 0 Å². The fraction of sp³-hybridized carbons (Fsp3) is 0.185. The average molecular weight is 441 g/mol. The lowest BCUT2D eigenvalue weighted by atomic mass is 10.0. The molecule has 0 spiro atoms. The van der Waals surface area contributed by atoms with Crippen LogP contribution in [0, 0.1) is 0 Å². The number of amides is 1. The van der Waals surface area contributed by atoms with Crippen molar-refractivity contribution >= 4 is 28.3 Å². The van der Waals surface area contributed by atoms with E-state index in [1.807, 2.05) is 78.9 Å². The maximum absolute atomic E-state index is 13.0. The fourth-order valence-corrected chi connectivity index (χ4v) is 3.81. The van der Waals surface area contributed by atoms with E-state index in [0.29, 0.717) is 29.9 Å². The molecular formula is C27H28N4O2. The highest BCUT2D eigenvalue weighted by Gasteiger charge is 2.25. The van der Waals surface area contributed by atoms with Gasteiger partial charge in [-0.25, -0.2) is 14.4 Å². The van der Waals surface area contributed by atoms with E-state index in [-0.39, 0.29) is 11.9 Å². The Morgan fingerprint density at radius 3 is 2.39 bits per heavy atom. The molecule has 0 bridgehead atoms. The Morgan fingerprint density at radius 1 is 1.00 bits per heavy atom. The zero-order chi connectivity index (χ0) is 23.2. The maximum Gasteiger partial charge on any atom is 0.328 e. The van der Waals surface area contributed by atoms with Gasteiger partial charge in [-0.1, -0.05) is 74.0 Å². The van der Waals surface area contributed by atoms with Gasteiger partial charge in [-0.2, -0.15) is 0 Å². The van der Waals surface area contributed by atoms with Gasteiger partial charge in [0, 0.05) is 24.0 Å². The van der Waals surface area contributed by atoms with Crippen molar-refractivity contribution in [3.63, 3.8) is 0 Å². The normalized spacial score (nSPS) is 11.6. The Balaban J connectivity index is 1.91. The summed E-state index contributed by atoms with van der Waals surface area (Å²) in [7, 11) is 0. The van der Waals surface area contributed by atoms with E-state index in [1.165, 1.54) is 4.57 Å². The number of rotatable bonds is 7. The highest BCUT2D eigenvalue weighted by atomic mass is 16.3. The zero-order valence-corrected chi connectivity index (χ0v) is 18.7. The molecule has 33 heavy (non-hydrogen) atoms. The van der Waals surface area contributed by atoms with E-state index in [0.717, 1.165) is 35.0 Å². The first kappa shape index (κ1) is 22.3. The summed E-state index contributed by atoms with van der Waals surface area (Å²) in [5, 5.41) is 15.0. The average Bonchev–Trinajstić information content (AvgIpc) is 3.15. The number of aromatic nitrogens is 1. The van der Waals surface area contributed by atoms with Crippen LogP contribution in [0.15, 0.2) is 83.9 Å². The SMILES string of the molecule is CCCCNC(=O)n1c(O)c(C(=Nc2ccc(CN)cc2)c2ccccc2)c2ccccc21. The molecule has 0 saturated carbocycles. The summed E-state index contributed by atoms with van der Waals surface area (Å²) >= 11 is 0. The number of aliphatic imine (C=N–C) groups is 1. The van der Waals surface area contributed by atoms with E-state index in [1.54, 1.807) is 0 Å². The molecule has 3 aromatic carbocycles. The number of carbonyl (C=O) groups is 1. The molecule has 0 saturated heterocycles. The molecule has 0 aliphatic heterocycles. The molecule has 4 rings (SSSR count). The van der Waals surface area contributed by atoms with E-state index >= 15 is 0 Å². The molecule has 0 aliphatic rings. The van der Waals surface area contributed by atoms with Crippen LogP contribution in [0.1, 0.15) is 36.5 Å². The molecule has 168 valence electrons. The monoisotopic (exact) mass is 440 g/mol. The van der Waals surface area contributed by atoms with Crippen LogP contribution < -0.4 is 11.1 Å². The minimum Gasteiger partial charge on any atom is -0.494 e. The Kier molecular flexibility index (Phi) is 6.86. The van der Waals surface area contributed by atoms with Gasteiger partial charge >= 0.3 is 6.03 Å². The topological polar surface area (TPSA) is 92.6 Å². The van der Waals surface area contributed by atoms with Crippen molar-refractivity contribution in [1.29, 1.82) is 0 Å². The standard InChI is InChI=1S/C27H28N4O2/c1-2-3-17-29-27(33)31-23-12-8-7-11-22(23)24(26(31)32)25(20-9-5-4-6-10-20)30-21-15-13-19(18-28)14-16-21/h4-16,32H,2-3,17-18,28H2,1H3,(H,29,33). The predicted molar refractivity (Wildman–Crippen MR) is 133 cm³/mol. The number of carbonyl (C=O) groups excluding carboxylic acids is 1. The highest BCUT2D eigenvalue weighted by Crippen LogP contribution is 2.34. The van der Waals surface area contributed by atoms with Crippen LogP contribution in [-0.2, 0) is 6.54 Å². The minimum atomic E-state index is -0.358. The van der Waals surface area contributed by atoms with Gasteiger partial charge in [0.25, 0.3) is 0 Å². The molecule has 1 amide bonds. The summed E-state index contributed by atoms with van der Waals surface area (Å²) in [5.41, 5.74) is 10.0. The summed E-state index contributed by atoms with van der Waals surface area (Å²) in [6.07, 6.45) is 1.84. The van der Waals surface area contributed by atoms with Gasteiger partial charge in [-0.3, -0.25) is 0 Å². The number of benzene rings is 3. The number of hydrogen-bond acceptors (Lipinski definition) is 4. The molecule has 4 aromatic rings. The van der Waals surface area contributed by atoms with Crippen molar-refractivity contribution in [3.05, 3.63) is 95.6 Å². The number of hydrogen-bond donors (Lipinski definition) is 3. The van der Waals surface area contributed by atoms with Crippen LogP contribution >= 0.6 is 0 Å². The molecular weight excluding hydrogens is 412 g/mol. The van der Waals surface area contributed by atoms with Crippen molar-refractivity contribution in [3.8, 4) is 5.88 Å². The van der Waals surface area contributed by atoms with E-state index in [4.69, 9.17) is 10.7 Å². The van der Waals surface area contributed by atoms with Crippen molar-refractivity contribution in [2.75, 3.05) is 6.54 Å². The van der Waals surface area contributed by atoms with Gasteiger partial charge < -0.3 is 16.2 Å². The predicted octanol–water partition coefficient (Wildman–Crippen LogP) is 5.33. The first-order valence-electron chi connectivity index (χ1n) is 11.2. The summed E-state index contributed by atoms with van der Waals surface area (Å²) in [6, 6.07) is 24.5. The first-order chi connectivity index (χ1) is 16.1. The fourth-order valence-electron chi connectivity index (χ4n) is 3.81. The van der Waals surface area contributed by atoms with Crippen LogP contribution in [0.3, 0.4) is 0 Å². The third-order valence-electron chi connectivity index (χ3n) is 5.56. The van der Waals surface area contributed by atoms with Crippen molar-refractivity contribution in [2.24, 2.45) is 10.7 Å². The van der Waals surface area contributed by atoms with E-state index in [9.17, 15) is 9.90 Å². The Morgan fingerprint density at radius 2 is 1.70 bits per heavy atom. The largest absolute Gasteiger partial charge is 0.494 e. The minimum absolute atomic E-state index is 0.133. The van der Waals surface area contributed by atoms with Crippen molar-refractivity contribution < 1.29 is 9.90 Å². The first-order valence-corrected chi connectivity index (χ1v) is 11.2. The number of unbranched alkanes of at least 4 members (excludes halogenated alkanes) is 1. The number of nitrogens with zero attached hydrogens (tertiary/aromatic N) is 2. The molecule has 4 N–H and O–H groups in total. The highest BCUT2D eigenvalue weighted by molar-refractivity contribution is 6.23.